The van der Waals surface area contributed by atoms with Crippen molar-refractivity contribution in [1.82, 2.24) is 10.3 Å². The molecule has 1 heterocycles. The van der Waals surface area contributed by atoms with Crippen molar-refractivity contribution >= 4 is 23.7 Å². The number of halogens is 2. The molecular formula is C22H25ClFN3O3. The Hall–Kier alpha value is -2.64. The van der Waals surface area contributed by atoms with Crippen molar-refractivity contribution in [3.05, 3.63) is 58.4 Å². The maximum absolute atomic E-state index is 13.2. The third-order valence-corrected chi connectivity index (χ3v) is 5.53. The first-order valence-corrected chi connectivity index (χ1v) is 10.1. The molecule has 0 unspecified atom stereocenters. The lowest BCUT2D eigenvalue weighted by Gasteiger charge is -2.31. The molecule has 3 rings (SSSR count). The summed E-state index contributed by atoms with van der Waals surface area (Å²) in [4.78, 5) is 14.7. The van der Waals surface area contributed by atoms with Crippen LogP contribution in [0.1, 0.15) is 24.0 Å². The highest BCUT2D eigenvalue weighted by atomic mass is 35.5. The molecule has 8 heteroatoms. The number of nitrogens with one attached hydrogen (secondary N) is 1. The fourth-order valence-corrected chi connectivity index (χ4v) is 3.74. The van der Waals surface area contributed by atoms with Crippen molar-refractivity contribution in [2.24, 2.45) is 11.0 Å². The highest BCUT2D eigenvalue weighted by molar-refractivity contribution is 6.31. The lowest BCUT2D eigenvalue weighted by molar-refractivity contribution is -0.126. The van der Waals surface area contributed by atoms with Gasteiger partial charge in [-0.3, -0.25) is 9.69 Å². The van der Waals surface area contributed by atoms with Crippen molar-refractivity contribution < 1.29 is 18.7 Å². The molecule has 1 saturated heterocycles. The molecule has 6 nitrogen and oxygen atoms in total. The number of hydrazone groups is 1. The number of methoxy groups -OCH3 is 2. The van der Waals surface area contributed by atoms with Crippen LogP contribution in [0.15, 0.2) is 41.5 Å². The molecule has 0 aliphatic carbocycles. The van der Waals surface area contributed by atoms with Crippen molar-refractivity contribution in [1.29, 1.82) is 0 Å². The van der Waals surface area contributed by atoms with Gasteiger partial charge in [-0.05, 0) is 55.8 Å². The Morgan fingerprint density at radius 3 is 2.70 bits per heavy atom. The maximum atomic E-state index is 13.2. The van der Waals surface area contributed by atoms with Crippen LogP contribution >= 0.6 is 11.6 Å². The van der Waals surface area contributed by atoms with Gasteiger partial charge in [0.05, 0.1) is 20.4 Å². The van der Waals surface area contributed by atoms with Crippen molar-refractivity contribution in [2.75, 3.05) is 27.3 Å². The zero-order valence-electron chi connectivity index (χ0n) is 17.0. The van der Waals surface area contributed by atoms with Crippen LogP contribution in [0, 0.1) is 11.7 Å². The molecule has 0 aromatic heterocycles. The largest absolute Gasteiger partial charge is 0.493 e. The molecule has 2 aromatic carbocycles. The van der Waals surface area contributed by atoms with E-state index in [-0.39, 0.29) is 17.6 Å². The summed E-state index contributed by atoms with van der Waals surface area (Å²) in [7, 11) is 3.12. The van der Waals surface area contributed by atoms with Gasteiger partial charge >= 0.3 is 0 Å². The monoisotopic (exact) mass is 433 g/mol. The van der Waals surface area contributed by atoms with Crippen molar-refractivity contribution in [3.63, 3.8) is 0 Å². The summed E-state index contributed by atoms with van der Waals surface area (Å²) in [6.07, 6.45) is 3.00. The lowest BCUT2D eigenvalue weighted by atomic mass is 9.96. The zero-order valence-corrected chi connectivity index (χ0v) is 17.8. The number of benzene rings is 2. The van der Waals surface area contributed by atoms with Crippen LogP contribution in [-0.2, 0) is 11.3 Å². The first kappa shape index (κ1) is 22.1. The predicted octanol–water partition coefficient (Wildman–Crippen LogP) is 3.86. The number of carbonyl (C=O) groups is 1. The summed E-state index contributed by atoms with van der Waals surface area (Å²) < 4.78 is 23.8. The third kappa shape index (κ3) is 5.49. The molecule has 1 fully saturated rings. The summed E-state index contributed by atoms with van der Waals surface area (Å²) in [5.74, 6) is 0.611. The lowest BCUT2D eigenvalue weighted by Crippen LogP contribution is -2.39. The number of amides is 1. The van der Waals surface area contributed by atoms with E-state index in [1.54, 1.807) is 32.6 Å². The quantitative estimate of drug-likeness (QED) is 0.532. The van der Waals surface area contributed by atoms with Gasteiger partial charge in [-0.1, -0.05) is 23.7 Å². The second-order valence-corrected chi connectivity index (χ2v) is 7.51. The van der Waals surface area contributed by atoms with Crippen LogP contribution in [0.5, 0.6) is 11.5 Å². The van der Waals surface area contributed by atoms with Crippen molar-refractivity contribution in [3.8, 4) is 11.5 Å². The molecule has 0 spiro atoms. The Bertz CT molecular complexity index is 914. The minimum absolute atomic E-state index is 0.103. The summed E-state index contributed by atoms with van der Waals surface area (Å²) >= 11 is 6.11. The van der Waals surface area contributed by atoms with E-state index in [2.05, 4.69) is 15.4 Å². The first-order chi connectivity index (χ1) is 14.5. The summed E-state index contributed by atoms with van der Waals surface area (Å²) in [5, 5.41) is 4.51. The number of rotatable bonds is 7. The predicted molar refractivity (Wildman–Crippen MR) is 115 cm³/mol. The highest BCUT2D eigenvalue weighted by Crippen LogP contribution is 2.29. The Morgan fingerprint density at radius 1 is 1.27 bits per heavy atom. The molecule has 30 heavy (non-hydrogen) atoms. The van der Waals surface area contributed by atoms with Crippen LogP contribution in [0.2, 0.25) is 5.02 Å². The van der Waals surface area contributed by atoms with E-state index in [4.69, 9.17) is 21.1 Å². The molecule has 1 aliphatic heterocycles. The number of hydrogen-bond acceptors (Lipinski definition) is 5. The molecular weight excluding hydrogens is 409 g/mol. The Balaban J connectivity index is 1.50. The summed E-state index contributed by atoms with van der Waals surface area (Å²) in [6, 6.07) is 9.90. The number of likely N-dealkylation sites (tertiary alicyclic amines) is 1. The van der Waals surface area contributed by atoms with Crippen LogP contribution in [-0.4, -0.2) is 44.3 Å². The highest BCUT2D eigenvalue weighted by Gasteiger charge is 2.25. The van der Waals surface area contributed by atoms with E-state index in [0.29, 0.717) is 28.6 Å². The van der Waals surface area contributed by atoms with Crippen LogP contribution < -0.4 is 14.9 Å². The minimum Gasteiger partial charge on any atom is -0.493 e. The van der Waals surface area contributed by atoms with Crippen LogP contribution in [0.3, 0.4) is 0 Å². The van der Waals surface area contributed by atoms with Gasteiger partial charge in [-0.25, -0.2) is 9.82 Å². The van der Waals surface area contributed by atoms with Gasteiger partial charge in [-0.2, -0.15) is 5.10 Å². The van der Waals surface area contributed by atoms with Crippen LogP contribution in [0.25, 0.3) is 0 Å². The van der Waals surface area contributed by atoms with E-state index in [0.717, 1.165) is 31.5 Å². The van der Waals surface area contributed by atoms with Gasteiger partial charge in [0, 0.05) is 23.0 Å². The van der Waals surface area contributed by atoms with E-state index in [1.807, 2.05) is 12.1 Å². The number of piperidine rings is 1. The molecule has 1 N–H and O–H groups in total. The molecule has 0 bridgehead atoms. The summed E-state index contributed by atoms with van der Waals surface area (Å²) in [6.45, 7) is 2.17. The Morgan fingerprint density at radius 2 is 2.03 bits per heavy atom. The fraction of sp³-hybridized carbons (Fsp3) is 0.364. The van der Waals surface area contributed by atoms with E-state index >= 15 is 0 Å². The van der Waals surface area contributed by atoms with Gasteiger partial charge in [-0.15, -0.1) is 0 Å². The maximum Gasteiger partial charge on any atom is 0.243 e. The number of nitrogens with zero attached hydrogens (tertiary/aromatic N) is 2. The standard InChI is InChI=1S/C22H25ClFN3O3/c1-29-20-5-3-4-16(21(20)30-2)13-25-26-22(28)15-8-10-27(11-9-15)14-17-6-7-18(24)12-19(17)23/h3-7,12-13,15H,8-11,14H2,1-2H3,(H,26,28)/b25-13+. The molecule has 0 radical (unpaired) electrons. The zero-order chi connectivity index (χ0) is 21.5. The summed E-state index contributed by atoms with van der Waals surface area (Å²) in [5.41, 5.74) is 4.22. The second kappa shape index (κ2) is 10.4. The number of hydrogen-bond donors (Lipinski definition) is 1. The molecule has 2 aromatic rings. The molecule has 1 aliphatic rings. The molecule has 1 amide bonds. The average Bonchev–Trinajstić information content (AvgIpc) is 2.75. The SMILES string of the molecule is COc1cccc(/C=N/NC(=O)C2CCN(Cc3ccc(F)cc3Cl)CC2)c1OC. The molecule has 0 saturated carbocycles. The first-order valence-electron chi connectivity index (χ1n) is 9.72. The Kier molecular flexibility index (Phi) is 7.65. The second-order valence-electron chi connectivity index (χ2n) is 7.10. The van der Waals surface area contributed by atoms with E-state index < -0.39 is 0 Å². The van der Waals surface area contributed by atoms with Gasteiger partial charge in [0.1, 0.15) is 5.82 Å². The number of para-hydroxylation sites is 1. The van der Waals surface area contributed by atoms with Crippen LogP contribution in [0.4, 0.5) is 4.39 Å². The molecule has 0 atom stereocenters. The molecule has 160 valence electrons. The average molecular weight is 434 g/mol. The van der Waals surface area contributed by atoms with Gasteiger partial charge in [0.2, 0.25) is 5.91 Å². The Labute approximate surface area is 180 Å². The van der Waals surface area contributed by atoms with Gasteiger partial charge < -0.3 is 9.47 Å². The third-order valence-electron chi connectivity index (χ3n) is 5.18. The number of carbonyl (C=O) groups excluding carboxylic acids is 1. The smallest absolute Gasteiger partial charge is 0.243 e. The van der Waals surface area contributed by atoms with Gasteiger partial charge in [0.25, 0.3) is 0 Å². The number of ether oxygens (including phenoxy) is 2. The van der Waals surface area contributed by atoms with E-state index in [1.165, 1.54) is 12.1 Å². The minimum atomic E-state index is -0.341. The van der Waals surface area contributed by atoms with Gasteiger partial charge in [0.15, 0.2) is 11.5 Å². The normalized spacial score (nSPS) is 15.3. The van der Waals surface area contributed by atoms with E-state index in [9.17, 15) is 9.18 Å². The fourth-order valence-electron chi connectivity index (χ4n) is 3.51. The van der Waals surface area contributed by atoms with Crippen molar-refractivity contribution in [2.45, 2.75) is 19.4 Å². The topological polar surface area (TPSA) is 63.2 Å².